The van der Waals surface area contributed by atoms with Crippen LogP contribution in [0.2, 0.25) is 4.34 Å². The predicted molar refractivity (Wildman–Crippen MR) is 83.3 cm³/mol. The summed E-state index contributed by atoms with van der Waals surface area (Å²) in [5.74, 6) is 0. The van der Waals surface area contributed by atoms with Crippen molar-refractivity contribution in [2.24, 2.45) is 0 Å². The van der Waals surface area contributed by atoms with Crippen LogP contribution in [0, 0.1) is 6.92 Å². The lowest BCUT2D eigenvalue weighted by Crippen LogP contribution is -2.18. The van der Waals surface area contributed by atoms with Crippen LogP contribution in [0.15, 0.2) is 23.0 Å². The molecule has 3 aromatic rings. The van der Waals surface area contributed by atoms with Crippen molar-refractivity contribution in [2.45, 2.75) is 13.5 Å². The minimum absolute atomic E-state index is 0.150. The average Bonchev–Trinajstić information content (AvgIpc) is 2.95. The van der Waals surface area contributed by atoms with Gasteiger partial charge >= 0.3 is 0 Å². The molecule has 0 N–H and O–H groups in total. The minimum Gasteiger partial charge on any atom is -0.345 e. The second kappa shape index (κ2) is 5.16. The highest BCUT2D eigenvalue weighted by Crippen LogP contribution is 2.26. The van der Waals surface area contributed by atoms with Gasteiger partial charge < -0.3 is 4.90 Å². The molecule has 5 nitrogen and oxygen atoms in total. The number of aromatic nitrogens is 3. The van der Waals surface area contributed by atoms with Crippen LogP contribution in [0.4, 0.5) is 5.13 Å². The van der Waals surface area contributed by atoms with Gasteiger partial charge in [0.15, 0.2) is 0 Å². The third kappa shape index (κ3) is 2.56. The molecule has 0 atom stereocenters. The Kier molecular flexibility index (Phi) is 3.49. The first kappa shape index (κ1) is 13.5. The summed E-state index contributed by atoms with van der Waals surface area (Å²) in [5.41, 5.74) is 0.556. The highest BCUT2D eigenvalue weighted by molar-refractivity contribution is 7.20. The second-order valence-corrected chi connectivity index (χ2v) is 7.11. The van der Waals surface area contributed by atoms with E-state index in [0.717, 1.165) is 14.3 Å². The Morgan fingerprint density at radius 1 is 1.40 bits per heavy atom. The zero-order chi connectivity index (χ0) is 14.3. The Balaban J connectivity index is 1.93. The molecule has 0 saturated carbocycles. The van der Waals surface area contributed by atoms with E-state index >= 15 is 0 Å². The summed E-state index contributed by atoms with van der Waals surface area (Å²) in [6, 6.07) is 5.35. The molecule has 0 bridgehead atoms. The Hall–Kier alpha value is -1.44. The SMILES string of the molecule is Cc1cc(=O)n2nc(N(C)Cc3ccc(Cl)s3)sc2n1. The molecule has 0 aliphatic carbocycles. The normalized spacial score (nSPS) is 11.2. The molecule has 0 aliphatic rings. The Morgan fingerprint density at radius 3 is 2.90 bits per heavy atom. The van der Waals surface area contributed by atoms with Crippen molar-refractivity contribution >= 4 is 44.4 Å². The maximum atomic E-state index is 11.8. The molecular weight excluding hydrogens is 316 g/mol. The third-order valence-electron chi connectivity index (χ3n) is 2.71. The third-order valence-corrected chi connectivity index (χ3v) is 4.95. The molecule has 0 aliphatic heterocycles. The Labute approximate surface area is 128 Å². The van der Waals surface area contributed by atoms with Crippen LogP contribution in [0.1, 0.15) is 10.6 Å². The van der Waals surface area contributed by atoms with Crippen molar-refractivity contribution in [3.8, 4) is 0 Å². The van der Waals surface area contributed by atoms with E-state index in [9.17, 15) is 4.79 Å². The van der Waals surface area contributed by atoms with Gasteiger partial charge in [-0.3, -0.25) is 4.79 Å². The average molecular weight is 327 g/mol. The lowest BCUT2D eigenvalue weighted by Gasteiger charge is -2.13. The maximum Gasteiger partial charge on any atom is 0.275 e. The summed E-state index contributed by atoms with van der Waals surface area (Å²) in [7, 11) is 1.93. The molecule has 0 radical (unpaired) electrons. The Morgan fingerprint density at radius 2 is 2.20 bits per heavy atom. The van der Waals surface area contributed by atoms with Crippen molar-refractivity contribution < 1.29 is 0 Å². The van der Waals surface area contributed by atoms with E-state index in [1.54, 1.807) is 6.92 Å². The van der Waals surface area contributed by atoms with Gasteiger partial charge in [-0.25, -0.2) is 4.98 Å². The van der Waals surface area contributed by atoms with E-state index in [2.05, 4.69) is 10.1 Å². The van der Waals surface area contributed by atoms with Gasteiger partial charge in [-0.05, 0) is 19.1 Å². The predicted octanol–water partition coefficient (Wildman–Crippen LogP) is 2.81. The number of anilines is 1. The molecule has 8 heteroatoms. The van der Waals surface area contributed by atoms with Crippen molar-refractivity contribution in [2.75, 3.05) is 11.9 Å². The van der Waals surface area contributed by atoms with Crippen molar-refractivity contribution in [3.63, 3.8) is 0 Å². The van der Waals surface area contributed by atoms with Gasteiger partial charge in [0.1, 0.15) is 0 Å². The Bertz CT molecular complexity index is 822. The fraction of sp³-hybridized carbons (Fsp3) is 0.250. The van der Waals surface area contributed by atoms with E-state index in [4.69, 9.17) is 11.6 Å². The standard InChI is InChI=1S/C12H11ClN4OS2/c1-7-5-10(18)17-11(14-7)20-12(15-17)16(2)6-8-3-4-9(13)19-8/h3-5H,6H2,1-2H3. The van der Waals surface area contributed by atoms with E-state index in [-0.39, 0.29) is 5.56 Å². The van der Waals surface area contributed by atoms with Crippen molar-refractivity contribution in [1.29, 1.82) is 0 Å². The van der Waals surface area contributed by atoms with Gasteiger partial charge in [-0.1, -0.05) is 22.9 Å². The molecule has 3 aromatic heterocycles. The highest BCUT2D eigenvalue weighted by Gasteiger charge is 2.12. The van der Waals surface area contributed by atoms with Crippen LogP contribution in [0.25, 0.3) is 4.96 Å². The smallest absolute Gasteiger partial charge is 0.275 e. The molecule has 0 aromatic carbocycles. The molecule has 0 unspecified atom stereocenters. The summed E-state index contributed by atoms with van der Waals surface area (Å²) in [6.07, 6.45) is 0. The van der Waals surface area contributed by atoms with Gasteiger partial charge in [0.25, 0.3) is 5.56 Å². The van der Waals surface area contributed by atoms with Crippen LogP contribution in [0.3, 0.4) is 0 Å². The van der Waals surface area contributed by atoms with E-state index in [0.29, 0.717) is 17.2 Å². The highest BCUT2D eigenvalue weighted by atomic mass is 35.5. The lowest BCUT2D eigenvalue weighted by atomic mass is 10.4. The summed E-state index contributed by atoms with van der Waals surface area (Å²) >= 11 is 8.86. The first-order valence-corrected chi connectivity index (χ1v) is 7.87. The summed E-state index contributed by atoms with van der Waals surface area (Å²) in [5, 5.41) is 5.07. The minimum atomic E-state index is -0.150. The van der Waals surface area contributed by atoms with Crippen LogP contribution >= 0.6 is 34.3 Å². The largest absolute Gasteiger partial charge is 0.345 e. The number of aryl methyl sites for hydroxylation is 1. The first-order chi connectivity index (χ1) is 9.52. The molecule has 3 rings (SSSR count). The van der Waals surface area contributed by atoms with Gasteiger partial charge in [0.2, 0.25) is 10.1 Å². The zero-order valence-electron chi connectivity index (χ0n) is 10.8. The number of hydrogen-bond acceptors (Lipinski definition) is 6. The molecule has 0 spiro atoms. The van der Waals surface area contributed by atoms with E-state index < -0.39 is 0 Å². The molecule has 0 saturated heterocycles. The summed E-state index contributed by atoms with van der Waals surface area (Å²) in [6.45, 7) is 2.50. The molecule has 0 amide bonds. The van der Waals surface area contributed by atoms with Crippen LogP contribution in [0.5, 0.6) is 0 Å². The molecule has 3 heterocycles. The number of halogens is 1. The van der Waals surface area contributed by atoms with E-state index in [1.165, 1.54) is 33.3 Å². The topological polar surface area (TPSA) is 50.5 Å². The monoisotopic (exact) mass is 326 g/mol. The molecule has 104 valence electrons. The second-order valence-electron chi connectivity index (χ2n) is 4.38. The molecule has 20 heavy (non-hydrogen) atoms. The lowest BCUT2D eigenvalue weighted by molar-refractivity contribution is 0.846. The van der Waals surface area contributed by atoms with Crippen LogP contribution in [-0.2, 0) is 6.54 Å². The number of rotatable bonds is 3. The van der Waals surface area contributed by atoms with E-state index in [1.807, 2.05) is 24.1 Å². The van der Waals surface area contributed by atoms with Crippen LogP contribution in [-0.4, -0.2) is 21.6 Å². The molecule has 0 fully saturated rings. The van der Waals surface area contributed by atoms with Gasteiger partial charge in [-0.15, -0.1) is 16.4 Å². The number of fused-ring (bicyclic) bond motifs is 1. The van der Waals surface area contributed by atoms with Crippen molar-refractivity contribution in [1.82, 2.24) is 14.6 Å². The van der Waals surface area contributed by atoms with Gasteiger partial charge in [-0.2, -0.15) is 4.52 Å². The summed E-state index contributed by atoms with van der Waals surface area (Å²) in [4.78, 5) is 19.9. The summed E-state index contributed by atoms with van der Waals surface area (Å²) < 4.78 is 2.11. The fourth-order valence-corrected chi connectivity index (χ4v) is 3.86. The maximum absolute atomic E-state index is 11.8. The quantitative estimate of drug-likeness (QED) is 0.742. The van der Waals surface area contributed by atoms with Gasteiger partial charge in [0.05, 0.1) is 10.9 Å². The van der Waals surface area contributed by atoms with Crippen LogP contribution < -0.4 is 10.5 Å². The number of thiophene rings is 1. The fourth-order valence-electron chi connectivity index (χ4n) is 1.80. The van der Waals surface area contributed by atoms with Crippen molar-refractivity contribution in [3.05, 3.63) is 43.5 Å². The van der Waals surface area contributed by atoms with Gasteiger partial charge in [0, 0.05) is 23.7 Å². The zero-order valence-corrected chi connectivity index (χ0v) is 13.2. The molecular formula is C12H11ClN4OS2. The first-order valence-electron chi connectivity index (χ1n) is 5.86. The number of nitrogens with zero attached hydrogens (tertiary/aromatic N) is 4. The number of hydrogen-bond donors (Lipinski definition) is 0.